The quantitative estimate of drug-likeness (QED) is 0.196. The maximum absolute atomic E-state index is 14.1. The van der Waals surface area contributed by atoms with Crippen molar-refractivity contribution in [2.75, 3.05) is 38.6 Å². The summed E-state index contributed by atoms with van der Waals surface area (Å²) in [6.07, 6.45) is -0.443. The van der Waals surface area contributed by atoms with Crippen molar-refractivity contribution < 1.29 is 52.8 Å². The molecule has 3 heterocycles. The number of amides is 3. The van der Waals surface area contributed by atoms with Crippen LogP contribution in [0.4, 0.5) is 26.7 Å². The number of fused-ring (bicyclic) bond motifs is 5. The molecule has 7 atom stereocenters. The lowest BCUT2D eigenvalue weighted by atomic mass is 9.83. The van der Waals surface area contributed by atoms with E-state index in [4.69, 9.17) is 40.0 Å². The molecule has 17 heteroatoms. The summed E-state index contributed by atoms with van der Waals surface area (Å²) in [5, 5.41) is 28.3. The number of nitro groups is 1. The van der Waals surface area contributed by atoms with Crippen molar-refractivity contribution in [3.05, 3.63) is 74.8 Å². The van der Waals surface area contributed by atoms with E-state index in [2.05, 4.69) is 10.6 Å². The van der Waals surface area contributed by atoms with E-state index in [-0.39, 0.29) is 35.0 Å². The van der Waals surface area contributed by atoms with Crippen LogP contribution < -0.4 is 25.0 Å². The van der Waals surface area contributed by atoms with Crippen molar-refractivity contribution in [1.82, 2.24) is 5.32 Å². The van der Waals surface area contributed by atoms with Crippen LogP contribution >= 0.6 is 11.6 Å². The number of methoxy groups -OCH3 is 3. The molecule has 0 unspecified atom stereocenters. The third-order valence-electron chi connectivity index (χ3n) is 9.82. The number of anilines is 2. The molecule has 286 valence electrons. The molecule has 0 aromatic heterocycles. The molecular weight excluding hydrogens is 716 g/mol. The van der Waals surface area contributed by atoms with E-state index in [9.17, 15) is 29.6 Å². The van der Waals surface area contributed by atoms with Gasteiger partial charge in [-0.15, -0.1) is 0 Å². The Morgan fingerprint density at radius 3 is 2.55 bits per heavy atom. The number of rotatable bonds is 6. The highest BCUT2D eigenvalue weighted by Gasteiger charge is 2.64. The molecule has 2 fully saturated rings. The van der Waals surface area contributed by atoms with Gasteiger partial charge in [0.15, 0.2) is 11.5 Å². The van der Waals surface area contributed by atoms with Gasteiger partial charge < -0.3 is 38.4 Å². The average Bonchev–Trinajstić information content (AvgIpc) is 3.80. The molecule has 16 nitrogen and oxygen atoms in total. The molecule has 0 spiro atoms. The van der Waals surface area contributed by atoms with Crippen molar-refractivity contribution in [3.8, 4) is 11.5 Å². The van der Waals surface area contributed by atoms with Gasteiger partial charge in [-0.1, -0.05) is 42.3 Å². The first-order valence-electron chi connectivity index (χ1n) is 16.7. The number of aliphatic hydroxyl groups is 1. The number of carbonyl (C=O) groups excluding carboxylic acids is 3. The zero-order valence-corrected chi connectivity index (χ0v) is 31.1. The summed E-state index contributed by atoms with van der Waals surface area (Å²) in [5.74, 6) is -0.803. The summed E-state index contributed by atoms with van der Waals surface area (Å²) in [6, 6.07) is 7.27. The SMILES string of the molecule is COc1cc(NC(=O)O[C@H]2CC(=O)N(C)c3cc(cc(OC)c3Cl)C/C(C)=C/C=C/[C@@H](OC)[C@@]3(O)C[C@H](OC(=O)N3)[C@@H](C)[C@@H]3O[C@@]23C)ccc1[N+](=O)[O-]. The Labute approximate surface area is 311 Å². The third kappa shape index (κ3) is 8.35. The topological polar surface area (TPSA) is 201 Å². The Balaban J connectivity index is 1.53. The second kappa shape index (κ2) is 15.6. The van der Waals surface area contributed by atoms with E-state index in [1.54, 1.807) is 38.1 Å². The van der Waals surface area contributed by atoms with Gasteiger partial charge in [-0.25, -0.2) is 9.59 Å². The van der Waals surface area contributed by atoms with Crippen LogP contribution in [0, 0.1) is 16.0 Å². The Bertz CT molecular complexity index is 1840. The second-order valence-electron chi connectivity index (χ2n) is 13.5. The van der Waals surface area contributed by atoms with Crippen molar-refractivity contribution in [1.29, 1.82) is 0 Å². The van der Waals surface area contributed by atoms with Gasteiger partial charge in [-0.3, -0.25) is 25.5 Å². The number of halogens is 1. The van der Waals surface area contributed by atoms with Crippen LogP contribution in [0.1, 0.15) is 39.2 Å². The first-order chi connectivity index (χ1) is 25.0. The Kier molecular flexibility index (Phi) is 11.6. The number of benzene rings is 2. The van der Waals surface area contributed by atoms with Crippen LogP contribution in [0.25, 0.3) is 0 Å². The molecule has 0 radical (unpaired) electrons. The third-order valence-corrected chi connectivity index (χ3v) is 10.2. The fourth-order valence-electron chi connectivity index (χ4n) is 6.79. The highest BCUT2D eigenvalue weighted by atomic mass is 35.5. The van der Waals surface area contributed by atoms with E-state index in [1.807, 2.05) is 13.0 Å². The molecule has 3 N–H and O–H groups in total. The maximum Gasteiger partial charge on any atom is 0.412 e. The first-order valence-corrected chi connectivity index (χ1v) is 17.1. The van der Waals surface area contributed by atoms with E-state index < -0.39 is 64.7 Å². The average molecular weight is 759 g/mol. The lowest BCUT2D eigenvalue weighted by Gasteiger charge is -2.42. The lowest BCUT2D eigenvalue weighted by Crippen LogP contribution is -2.63. The highest BCUT2D eigenvalue weighted by Crippen LogP contribution is 2.49. The predicted octanol–water partition coefficient (Wildman–Crippen LogP) is 5.29. The fraction of sp³-hybridized carbons (Fsp3) is 0.472. The predicted molar refractivity (Wildman–Crippen MR) is 192 cm³/mol. The highest BCUT2D eigenvalue weighted by molar-refractivity contribution is 6.35. The number of alkyl carbamates (subject to hydrolysis) is 1. The molecule has 53 heavy (non-hydrogen) atoms. The monoisotopic (exact) mass is 758 g/mol. The van der Waals surface area contributed by atoms with Gasteiger partial charge in [-0.05, 0) is 44.0 Å². The molecule has 3 aliphatic heterocycles. The molecule has 3 aliphatic rings. The minimum absolute atomic E-state index is 0.0822. The Morgan fingerprint density at radius 1 is 1.17 bits per heavy atom. The lowest BCUT2D eigenvalue weighted by molar-refractivity contribution is -0.385. The second-order valence-corrected chi connectivity index (χ2v) is 13.8. The molecule has 2 saturated heterocycles. The summed E-state index contributed by atoms with van der Waals surface area (Å²) in [6.45, 7) is 5.33. The van der Waals surface area contributed by atoms with E-state index in [0.29, 0.717) is 17.9 Å². The standard InChI is InChI=1S/C36H43ClN4O12/c1-19-9-8-10-28(50-7)36(45)18-27(51-34(44)39-36)20(2)32-35(3,53-32)29(52-33(43)38-22-11-12-23(41(46)47)25(16-22)48-5)17-30(42)40(4)24-14-21(13-19)15-26(49-6)31(24)37/h8-12,14-16,20,27-29,32,45H,13,17-18H2,1-7H3,(H,38,43)(H,39,44)/b10-8+,19-9+/t20-,27+,28-,29+,32+,35+,36+/m1/s1. The molecule has 4 bridgehead atoms. The van der Waals surface area contributed by atoms with Crippen molar-refractivity contribution in [2.45, 2.75) is 75.8 Å². The van der Waals surface area contributed by atoms with Crippen LogP contribution in [0.5, 0.6) is 11.5 Å². The van der Waals surface area contributed by atoms with E-state index in [0.717, 1.165) is 11.1 Å². The normalized spacial score (nSPS) is 30.4. The zero-order chi connectivity index (χ0) is 38.8. The van der Waals surface area contributed by atoms with E-state index in [1.165, 1.54) is 51.5 Å². The number of nitrogens with zero attached hydrogens (tertiary/aromatic N) is 2. The van der Waals surface area contributed by atoms with Gasteiger partial charge in [0.25, 0.3) is 0 Å². The summed E-state index contributed by atoms with van der Waals surface area (Å²) < 4.78 is 34.0. The number of nitro benzene ring substituents is 1. The molecule has 2 aromatic carbocycles. The molecule has 0 aliphatic carbocycles. The molecule has 0 saturated carbocycles. The Morgan fingerprint density at radius 2 is 1.89 bits per heavy atom. The summed E-state index contributed by atoms with van der Waals surface area (Å²) in [7, 11) is 5.67. The number of epoxide rings is 1. The summed E-state index contributed by atoms with van der Waals surface area (Å²) in [5.41, 5.74) is -1.26. The van der Waals surface area contributed by atoms with Crippen LogP contribution in [-0.2, 0) is 30.2 Å². The van der Waals surface area contributed by atoms with Gasteiger partial charge in [0, 0.05) is 44.3 Å². The number of carbonyl (C=O) groups is 3. The van der Waals surface area contributed by atoms with Crippen LogP contribution in [0.2, 0.25) is 5.02 Å². The van der Waals surface area contributed by atoms with Gasteiger partial charge in [-0.2, -0.15) is 0 Å². The van der Waals surface area contributed by atoms with Crippen LogP contribution in [0.3, 0.4) is 0 Å². The minimum Gasteiger partial charge on any atom is -0.495 e. The molecule has 5 rings (SSSR count). The molecule has 3 amide bonds. The number of allylic oxidation sites excluding steroid dienone is 3. The van der Waals surface area contributed by atoms with Crippen molar-refractivity contribution in [3.63, 3.8) is 0 Å². The zero-order valence-electron chi connectivity index (χ0n) is 30.3. The minimum atomic E-state index is -1.85. The maximum atomic E-state index is 14.1. The summed E-state index contributed by atoms with van der Waals surface area (Å²) >= 11 is 6.72. The number of hydrogen-bond donors (Lipinski definition) is 3. The molecule has 2 aromatic rings. The van der Waals surface area contributed by atoms with Crippen molar-refractivity contribution >= 4 is 46.8 Å². The summed E-state index contributed by atoms with van der Waals surface area (Å²) in [4.78, 5) is 52.4. The number of hydrogen-bond acceptors (Lipinski definition) is 12. The van der Waals surface area contributed by atoms with Gasteiger partial charge in [0.2, 0.25) is 5.91 Å². The number of ether oxygens (including phenoxy) is 6. The van der Waals surface area contributed by atoms with Gasteiger partial charge in [0.1, 0.15) is 34.7 Å². The van der Waals surface area contributed by atoms with Gasteiger partial charge in [0.05, 0.1) is 37.4 Å². The van der Waals surface area contributed by atoms with Crippen LogP contribution in [0.15, 0.2) is 54.1 Å². The smallest absolute Gasteiger partial charge is 0.412 e. The Hall–Kier alpha value is -4.90. The number of nitrogens with one attached hydrogen (secondary N) is 2. The first kappa shape index (κ1) is 39.3. The molecular formula is C36H43ClN4O12. The van der Waals surface area contributed by atoms with E-state index >= 15 is 0 Å². The van der Waals surface area contributed by atoms with Crippen molar-refractivity contribution in [2.24, 2.45) is 5.92 Å². The van der Waals surface area contributed by atoms with Crippen LogP contribution in [-0.4, -0.2) is 92.2 Å². The van der Waals surface area contributed by atoms with Gasteiger partial charge >= 0.3 is 17.9 Å². The largest absolute Gasteiger partial charge is 0.495 e. The fourth-order valence-corrected chi connectivity index (χ4v) is 7.10.